The van der Waals surface area contributed by atoms with E-state index in [1.165, 1.54) is 0 Å². The Morgan fingerprint density at radius 3 is 2.56 bits per heavy atom. The van der Waals surface area contributed by atoms with Gasteiger partial charge in [-0.05, 0) is 57.5 Å². The molecule has 1 aromatic carbocycles. The van der Waals surface area contributed by atoms with E-state index in [4.69, 9.17) is 0 Å². The van der Waals surface area contributed by atoms with Crippen LogP contribution in [0.25, 0.3) is 0 Å². The first-order chi connectivity index (χ1) is 11.8. The van der Waals surface area contributed by atoms with Crippen molar-refractivity contribution in [2.75, 3.05) is 26.0 Å². The maximum absolute atomic E-state index is 12.2. The summed E-state index contributed by atoms with van der Waals surface area (Å²) < 4.78 is 0. The molecule has 0 heterocycles. The number of likely N-dealkylation sites (N-methyl/N-ethyl adjacent to an activating group) is 1. The summed E-state index contributed by atoms with van der Waals surface area (Å²) in [6.45, 7) is 4.93. The molecule has 1 unspecified atom stereocenters. The summed E-state index contributed by atoms with van der Waals surface area (Å²) in [6, 6.07) is 7.37. The van der Waals surface area contributed by atoms with E-state index in [1.807, 2.05) is 14.1 Å². The van der Waals surface area contributed by atoms with Crippen LogP contribution in [0.5, 0.6) is 0 Å². The molecular formula is C19H30N4O2. The predicted octanol–water partition coefficient (Wildman–Crippen LogP) is 2.68. The lowest BCUT2D eigenvalue weighted by molar-refractivity contribution is 0.0951. The van der Waals surface area contributed by atoms with Crippen molar-refractivity contribution in [3.8, 4) is 0 Å². The molecule has 1 saturated carbocycles. The third-order valence-corrected chi connectivity index (χ3v) is 4.27. The highest BCUT2D eigenvalue weighted by Crippen LogP contribution is 2.20. The maximum atomic E-state index is 12.2. The van der Waals surface area contributed by atoms with Crippen molar-refractivity contribution in [1.29, 1.82) is 0 Å². The van der Waals surface area contributed by atoms with Crippen molar-refractivity contribution in [3.63, 3.8) is 0 Å². The fourth-order valence-corrected chi connectivity index (χ4v) is 2.64. The lowest BCUT2D eigenvalue weighted by Crippen LogP contribution is -2.42. The van der Waals surface area contributed by atoms with E-state index in [-0.39, 0.29) is 11.9 Å². The Kier molecular flexibility index (Phi) is 6.82. The second kappa shape index (κ2) is 8.85. The van der Waals surface area contributed by atoms with Gasteiger partial charge in [0.05, 0.1) is 0 Å². The Bertz CT molecular complexity index is 597. The minimum absolute atomic E-state index is 0.0869. The third kappa shape index (κ3) is 6.74. The average Bonchev–Trinajstić information content (AvgIpc) is 3.35. The number of hydrogen-bond donors (Lipinski definition) is 3. The summed E-state index contributed by atoms with van der Waals surface area (Å²) in [5.41, 5.74) is 1.18. The summed E-state index contributed by atoms with van der Waals surface area (Å²) in [4.78, 5) is 26.4. The Labute approximate surface area is 150 Å². The van der Waals surface area contributed by atoms with Gasteiger partial charge in [0.1, 0.15) is 0 Å². The molecule has 0 radical (unpaired) electrons. The van der Waals surface area contributed by atoms with Gasteiger partial charge < -0.3 is 20.9 Å². The van der Waals surface area contributed by atoms with Crippen LogP contribution in [0.2, 0.25) is 0 Å². The van der Waals surface area contributed by atoms with Gasteiger partial charge in [-0.3, -0.25) is 4.79 Å². The van der Waals surface area contributed by atoms with Crippen molar-refractivity contribution in [2.45, 2.75) is 45.2 Å². The molecule has 1 aromatic rings. The summed E-state index contributed by atoms with van der Waals surface area (Å²) in [5, 5.41) is 8.67. The number of carbonyl (C=O) groups is 2. The number of hydrogen-bond acceptors (Lipinski definition) is 3. The number of anilines is 1. The van der Waals surface area contributed by atoms with Gasteiger partial charge in [-0.25, -0.2) is 4.79 Å². The van der Waals surface area contributed by atoms with Crippen LogP contribution in [-0.2, 0) is 0 Å². The number of nitrogens with zero attached hydrogens (tertiary/aromatic N) is 1. The van der Waals surface area contributed by atoms with E-state index in [2.05, 4.69) is 34.7 Å². The average molecular weight is 346 g/mol. The predicted molar refractivity (Wildman–Crippen MR) is 101 cm³/mol. The summed E-state index contributed by atoms with van der Waals surface area (Å²) in [7, 11) is 4.04. The van der Waals surface area contributed by atoms with Gasteiger partial charge in [-0.1, -0.05) is 19.9 Å². The standard InChI is InChI=1S/C19H30N4O2/c1-13(2)10-17(23(3)4)12-20-19(25)22-16-7-5-6-14(11-16)18(24)21-15-8-9-15/h5-7,11,13,15,17H,8-10,12H2,1-4H3,(H,21,24)(H2,20,22,25). The van der Waals surface area contributed by atoms with Crippen LogP contribution in [0.1, 0.15) is 43.5 Å². The number of urea groups is 1. The minimum atomic E-state index is -0.254. The number of rotatable bonds is 8. The van der Waals surface area contributed by atoms with Gasteiger partial charge in [0.2, 0.25) is 0 Å². The third-order valence-electron chi connectivity index (χ3n) is 4.27. The highest BCUT2D eigenvalue weighted by Gasteiger charge is 2.23. The Hall–Kier alpha value is -2.08. The highest BCUT2D eigenvalue weighted by atomic mass is 16.2. The van der Waals surface area contributed by atoms with Crippen LogP contribution >= 0.6 is 0 Å². The lowest BCUT2D eigenvalue weighted by atomic mass is 10.0. The molecular weight excluding hydrogens is 316 g/mol. The van der Waals surface area contributed by atoms with Crippen molar-refractivity contribution >= 4 is 17.6 Å². The largest absolute Gasteiger partial charge is 0.349 e. The van der Waals surface area contributed by atoms with Crippen LogP contribution in [0.3, 0.4) is 0 Å². The Morgan fingerprint density at radius 1 is 1.24 bits per heavy atom. The number of nitrogens with one attached hydrogen (secondary N) is 3. The fourth-order valence-electron chi connectivity index (χ4n) is 2.64. The zero-order valence-electron chi connectivity index (χ0n) is 15.6. The normalized spacial score (nSPS) is 15.1. The van der Waals surface area contributed by atoms with Crippen molar-refractivity contribution in [2.24, 2.45) is 5.92 Å². The molecule has 3 N–H and O–H groups in total. The van der Waals surface area contributed by atoms with E-state index in [1.54, 1.807) is 24.3 Å². The molecule has 138 valence electrons. The summed E-state index contributed by atoms with van der Waals surface area (Å²) >= 11 is 0. The molecule has 6 heteroatoms. The van der Waals surface area contributed by atoms with Gasteiger partial charge in [-0.15, -0.1) is 0 Å². The van der Waals surface area contributed by atoms with E-state index in [9.17, 15) is 9.59 Å². The van der Waals surface area contributed by atoms with Crippen molar-refractivity contribution in [3.05, 3.63) is 29.8 Å². The summed E-state index contributed by atoms with van der Waals surface area (Å²) in [5.74, 6) is 0.482. The second-order valence-corrected chi connectivity index (χ2v) is 7.41. The quantitative estimate of drug-likeness (QED) is 0.677. The molecule has 1 fully saturated rings. The zero-order chi connectivity index (χ0) is 18.4. The van der Waals surface area contributed by atoms with Crippen LogP contribution in [0, 0.1) is 5.92 Å². The molecule has 1 atom stereocenters. The van der Waals surface area contributed by atoms with Crippen LogP contribution in [0.15, 0.2) is 24.3 Å². The van der Waals surface area contributed by atoms with Crippen LogP contribution in [0.4, 0.5) is 10.5 Å². The number of carbonyl (C=O) groups excluding carboxylic acids is 2. The fraction of sp³-hybridized carbons (Fsp3) is 0.579. The minimum Gasteiger partial charge on any atom is -0.349 e. The van der Waals surface area contributed by atoms with Gasteiger partial charge in [-0.2, -0.15) is 0 Å². The second-order valence-electron chi connectivity index (χ2n) is 7.41. The molecule has 2 rings (SSSR count). The van der Waals surface area contributed by atoms with E-state index >= 15 is 0 Å². The highest BCUT2D eigenvalue weighted by molar-refractivity contribution is 5.97. The molecule has 0 saturated heterocycles. The van der Waals surface area contributed by atoms with E-state index in [0.29, 0.717) is 35.8 Å². The molecule has 6 nitrogen and oxygen atoms in total. The van der Waals surface area contributed by atoms with Gasteiger partial charge >= 0.3 is 6.03 Å². The molecule has 0 aromatic heterocycles. The molecule has 25 heavy (non-hydrogen) atoms. The lowest BCUT2D eigenvalue weighted by Gasteiger charge is -2.26. The molecule has 0 bridgehead atoms. The first-order valence-corrected chi connectivity index (χ1v) is 8.97. The van der Waals surface area contributed by atoms with E-state index in [0.717, 1.165) is 19.3 Å². The van der Waals surface area contributed by atoms with E-state index < -0.39 is 0 Å². The molecule has 1 aliphatic rings. The maximum Gasteiger partial charge on any atom is 0.319 e. The van der Waals surface area contributed by atoms with Crippen LogP contribution < -0.4 is 16.0 Å². The number of amides is 3. The first-order valence-electron chi connectivity index (χ1n) is 8.97. The van der Waals surface area contributed by atoms with Crippen molar-refractivity contribution in [1.82, 2.24) is 15.5 Å². The molecule has 0 aliphatic heterocycles. The SMILES string of the molecule is CC(C)CC(CNC(=O)Nc1cccc(C(=O)NC2CC2)c1)N(C)C. The van der Waals surface area contributed by atoms with Gasteiger partial charge in [0.25, 0.3) is 5.91 Å². The Morgan fingerprint density at radius 2 is 1.96 bits per heavy atom. The van der Waals surface area contributed by atoms with Gasteiger partial charge in [0, 0.05) is 29.9 Å². The molecule has 1 aliphatic carbocycles. The monoisotopic (exact) mass is 346 g/mol. The molecule has 0 spiro atoms. The van der Waals surface area contributed by atoms with Gasteiger partial charge in [0.15, 0.2) is 0 Å². The zero-order valence-corrected chi connectivity index (χ0v) is 15.6. The summed E-state index contributed by atoms with van der Waals surface area (Å²) in [6.07, 6.45) is 3.12. The molecule has 3 amide bonds. The smallest absolute Gasteiger partial charge is 0.319 e. The Balaban J connectivity index is 1.86. The number of benzene rings is 1. The van der Waals surface area contributed by atoms with Crippen LogP contribution in [-0.4, -0.2) is 49.6 Å². The topological polar surface area (TPSA) is 73.5 Å². The van der Waals surface area contributed by atoms with Crippen molar-refractivity contribution < 1.29 is 9.59 Å². The first kappa shape index (κ1) is 19.2.